The Balaban J connectivity index is 1.31. The molecule has 9 heteroatoms. The standard InChI is InChI=1S/C30H29F3N2O4/c1-3-13-35-14-12-28-24-16-21(34(2)25(37)11-6-18-4-8-20(9-5-18)30(31,32)33)17-29(28,38)23(35)15-19-7-10-22(36)27(39-24)26(19)28/h3-5,7-10,21,23-24,36,38H,1,12-17H2,2H3/t21-,23-,24+,28-,29-/m1/s1. The molecule has 1 saturated heterocycles. The van der Waals surface area contributed by atoms with Crippen LogP contribution in [0.5, 0.6) is 11.5 Å². The third-order valence-corrected chi connectivity index (χ3v) is 9.24. The lowest BCUT2D eigenvalue weighted by molar-refractivity contribution is -0.196. The minimum absolute atomic E-state index is 0.0511. The second-order valence-corrected chi connectivity index (χ2v) is 11.0. The summed E-state index contributed by atoms with van der Waals surface area (Å²) in [5.74, 6) is 5.19. The van der Waals surface area contributed by atoms with Gasteiger partial charge in [-0.25, -0.2) is 0 Å². The highest BCUT2D eigenvalue weighted by molar-refractivity contribution is 5.94. The highest BCUT2D eigenvalue weighted by Gasteiger charge is 2.72. The lowest BCUT2D eigenvalue weighted by Crippen LogP contribution is -2.77. The Morgan fingerprint density at radius 1 is 1.28 bits per heavy atom. The summed E-state index contributed by atoms with van der Waals surface area (Å²) in [6.45, 7) is 5.26. The van der Waals surface area contributed by atoms with Gasteiger partial charge >= 0.3 is 6.18 Å². The van der Waals surface area contributed by atoms with Gasteiger partial charge in [-0.2, -0.15) is 13.2 Å². The summed E-state index contributed by atoms with van der Waals surface area (Å²) < 4.78 is 44.9. The number of likely N-dealkylation sites (tertiary alicyclic amines) is 1. The van der Waals surface area contributed by atoms with Crippen molar-refractivity contribution < 1.29 is 32.9 Å². The molecule has 1 amide bonds. The average molecular weight is 539 g/mol. The van der Waals surface area contributed by atoms with E-state index in [4.69, 9.17) is 4.74 Å². The molecule has 0 unspecified atom stereocenters. The van der Waals surface area contributed by atoms with Gasteiger partial charge in [0.25, 0.3) is 5.91 Å². The molecule has 0 radical (unpaired) electrons. The average Bonchev–Trinajstić information content (AvgIpc) is 3.23. The van der Waals surface area contributed by atoms with Crippen molar-refractivity contribution in [2.45, 2.75) is 61.1 Å². The maximum absolute atomic E-state index is 13.1. The van der Waals surface area contributed by atoms with Crippen molar-refractivity contribution in [3.63, 3.8) is 0 Å². The van der Waals surface area contributed by atoms with E-state index in [9.17, 15) is 28.2 Å². The molecular formula is C30H29F3N2O4. The maximum atomic E-state index is 13.1. The van der Waals surface area contributed by atoms with Crippen molar-refractivity contribution in [3.8, 4) is 23.3 Å². The molecule has 4 aliphatic rings. The van der Waals surface area contributed by atoms with Gasteiger partial charge in [-0.15, -0.1) is 6.58 Å². The molecule has 1 spiro atoms. The van der Waals surface area contributed by atoms with Gasteiger partial charge in [0.15, 0.2) is 11.5 Å². The first kappa shape index (κ1) is 25.8. The van der Waals surface area contributed by atoms with Crippen LogP contribution in [0.2, 0.25) is 0 Å². The molecule has 0 aromatic heterocycles. The number of carbonyl (C=O) groups is 1. The number of carbonyl (C=O) groups excluding carboxylic acids is 1. The number of phenolic OH excluding ortho intramolecular Hbond substituents is 1. The van der Waals surface area contributed by atoms with Crippen LogP contribution >= 0.6 is 0 Å². The van der Waals surface area contributed by atoms with Crippen molar-refractivity contribution in [1.82, 2.24) is 9.80 Å². The van der Waals surface area contributed by atoms with Gasteiger partial charge in [0, 0.05) is 49.1 Å². The molecular weight excluding hydrogens is 509 g/mol. The van der Waals surface area contributed by atoms with E-state index in [0.717, 1.165) is 29.8 Å². The van der Waals surface area contributed by atoms with Gasteiger partial charge < -0.3 is 19.8 Å². The summed E-state index contributed by atoms with van der Waals surface area (Å²) in [5, 5.41) is 23.3. The van der Waals surface area contributed by atoms with E-state index in [2.05, 4.69) is 23.3 Å². The van der Waals surface area contributed by atoms with Crippen LogP contribution in [-0.4, -0.2) is 69.8 Å². The summed E-state index contributed by atoms with van der Waals surface area (Å²) >= 11 is 0. The largest absolute Gasteiger partial charge is 0.504 e. The molecule has 5 atom stereocenters. The number of hydrogen-bond acceptors (Lipinski definition) is 5. The highest BCUT2D eigenvalue weighted by Crippen LogP contribution is 2.65. The van der Waals surface area contributed by atoms with Gasteiger partial charge in [0.05, 0.1) is 16.6 Å². The van der Waals surface area contributed by atoms with Crippen LogP contribution in [0, 0.1) is 11.8 Å². The number of aliphatic hydroxyl groups is 1. The van der Waals surface area contributed by atoms with E-state index in [1.165, 1.54) is 17.0 Å². The third kappa shape index (κ3) is 3.69. The van der Waals surface area contributed by atoms with Gasteiger partial charge in [0.1, 0.15) is 6.10 Å². The number of aromatic hydroxyl groups is 1. The summed E-state index contributed by atoms with van der Waals surface area (Å²) in [5.41, 5.74) is -0.424. The normalized spacial score (nSPS) is 30.4. The highest BCUT2D eigenvalue weighted by atomic mass is 19.4. The predicted molar refractivity (Wildman–Crippen MR) is 137 cm³/mol. The Bertz CT molecular complexity index is 1410. The van der Waals surface area contributed by atoms with Crippen molar-refractivity contribution in [1.29, 1.82) is 0 Å². The lowest BCUT2D eigenvalue weighted by atomic mass is 9.48. The van der Waals surface area contributed by atoms with E-state index < -0.39 is 40.8 Å². The van der Waals surface area contributed by atoms with Crippen LogP contribution in [0.4, 0.5) is 13.2 Å². The first-order valence-corrected chi connectivity index (χ1v) is 13.0. The molecule has 6 nitrogen and oxygen atoms in total. The number of phenols is 1. The summed E-state index contributed by atoms with van der Waals surface area (Å²) in [7, 11) is 1.63. The maximum Gasteiger partial charge on any atom is 0.416 e. The molecule has 1 saturated carbocycles. The molecule has 2 N–H and O–H groups in total. The topological polar surface area (TPSA) is 73.2 Å². The Morgan fingerprint density at radius 3 is 2.72 bits per heavy atom. The fourth-order valence-corrected chi connectivity index (χ4v) is 7.43. The zero-order valence-electron chi connectivity index (χ0n) is 21.5. The molecule has 2 aliphatic carbocycles. The second-order valence-electron chi connectivity index (χ2n) is 11.0. The van der Waals surface area contributed by atoms with Crippen LogP contribution in [0.3, 0.4) is 0 Å². The van der Waals surface area contributed by atoms with E-state index in [1.54, 1.807) is 13.1 Å². The van der Waals surface area contributed by atoms with Gasteiger partial charge in [-0.3, -0.25) is 9.69 Å². The smallest absolute Gasteiger partial charge is 0.416 e. The number of benzene rings is 2. The Kier molecular flexibility index (Phi) is 5.79. The SMILES string of the molecule is C=CCN1CC[C@]23c4c5ccc(O)c4O[C@H]2C[C@@H](N(C)C(=O)C#Cc2ccc(C(F)(F)F)cc2)C[C@@]3(O)[C@H]1C5. The van der Waals surface area contributed by atoms with Crippen molar-refractivity contribution in [2.24, 2.45) is 0 Å². The van der Waals surface area contributed by atoms with Crippen LogP contribution in [0.1, 0.15) is 41.5 Å². The molecule has 2 aromatic carbocycles. The number of alkyl halides is 3. The predicted octanol–water partition coefficient (Wildman–Crippen LogP) is 3.63. The summed E-state index contributed by atoms with van der Waals surface area (Å²) in [6.07, 6.45) is -1.05. The minimum atomic E-state index is -4.45. The quantitative estimate of drug-likeness (QED) is 0.462. The molecule has 2 aromatic rings. The van der Waals surface area contributed by atoms with Gasteiger partial charge in [-0.05, 0) is 61.7 Å². The Labute approximate surface area is 224 Å². The minimum Gasteiger partial charge on any atom is -0.504 e. The molecule has 39 heavy (non-hydrogen) atoms. The fourth-order valence-electron chi connectivity index (χ4n) is 7.43. The molecule has 2 fully saturated rings. The van der Waals surface area contributed by atoms with Crippen LogP contribution in [0.25, 0.3) is 0 Å². The Hall–Kier alpha value is -3.48. The molecule has 2 bridgehead atoms. The Morgan fingerprint density at radius 2 is 2.03 bits per heavy atom. The van der Waals surface area contributed by atoms with E-state index in [1.807, 2.05) is 12.1 Å². The van der Waals surface area contributed by atoms with Crippen LogP contribution in [-0.2, 0) is 22.8 Å². The summed E-state index contributed by atoms with van der Waals surface area (Å²) in [6, 6.07) is 7.29. The third-order valence-electron chi connectivity index (χ3n) is 9.24. The van der Waals surface area contributed by atoms with E-state index >= 15 is 0 Å². The number of nitrogens with zero attached hydrogens (tertiary/aromatic N) is 2. The molecule has 2 heterocycles. The van der Waals surface area contributed by atoms with Gasteiger partial charge in [-0.1, -0.05) is 18.1 Å². The van der Waals surface area contributed by atoms with Crippen molar-refractivity contribution in [2.75, 3.05) is 20.1 Å². The number of rotatable bonds is 3. The number of piperidine rings is 1. The first-order valence-electron chi connectivity index (χ1n) is 13.0. The zero-order chi connectivity index (χ0) is 27.7. The number of halogens is 3. The number of hydrogen-bond donors (Lipinski definition) is 2. The molecule has 6 rings (SSSR count). The molecule has 2 aliphatic heterocycles. The van der Waals surface area contributed by atoms with Crippen molar-refractivity contribution in [3.05, 3.63) is 71.3 Å². The summed E-state index contributed by atoms with van der Waals surface area (Å²) in [4.78, 5) is 16.8. The van der Waals surface area contributed by atoms with Crippen LogP contribution in [0.15, 0.2) is 49.1 Å². The monoisotopic (exact) mass is 538 g/mol. The first-order chi connectivity index (χ1) is 18.5. The van der Waals surface area contributed by atoms with Crippen LogP contribution < -0.4 is 4.74 Å². The van der Waals surface area contributed by atoms with E-state index in [-0.39, 0.29) is 11.8 Å². The zero-order valence-corrected chi connectivity index (χ0v) is 21.5. The molecule has 204 valence electrons. The van der Waals surface area contributed by atoms with Crippen molar-refractivity contribution >= 4 is 5.91 Å². The number of ether oxygens (including phenoxy) is 1. The van der Waals surface area contributed by atoms with Gasteiger partial charge in [0.2, 0.25) is 0 Å². The lowest BCUT2D eigenvalue weighted by Gasteiger charge is -2.64. The second kappa shape index (κ2) is 8.77. The fraction of sp³-hybridized carbons (Fsp3) is 0.433. The number of amides is 1. The van der Waals surface area contributed by atoms with E-state index in [0.29, 0.717) is 43.5 Å².